The smallest absolute Gasteiger partial charge is 0.413 e. The number of amides is 1. The molecule has 0 bridgehead atoms. The van der Waals surface area contributed by atoms with E-state index < -0.39 is 16.6 Å². The van der Waals surface area contributed by atoms with Gasteiger partial charge in [-0.05, 0) is 20.8 Å². The van der Waals surface area contributed by atoms with E-state index in [0.29, 0.717) is 0 Å². The Morgan fingerprint density at radius 2 is 2.19 bits per heavy atom. The summed E-state index contributed by atoms with van der Waals surface area (Å²) in [7, 11) is 0. The summed E-state index contributed by atoms with van der Waals surface area (Å²) in [6.45, 7) is 5.18. The number of carbonyl (C=O) groups excluding carboxylic acids is 1. The van der Waals surface area contributed by atoms with Gasteiger partial charge in [-0.25, -0.2) is 4.79 Å². The van der Waals surface area contributed by atoms with Gasteiger partial charge in [-0.3, -0.25) is 15.4 Å². The summed E-state index contributed by atoms with van der Waals surface area (Å²) < 4.78 is 4.97. The molecule has 1 rings (SSSR count). The van der Waals surface area contributed by atoms with Crippen LogP contribution in [-0.4, -0.2) is 21.6 Å². The lowest BCUT2D eigenvalue weighted by molar-refractivity contribution is -0.384. The Bertz CT molecular complexity index is 405. The Hall–Kier alpha value is -2.05. The number of aromatic amines is 1. The SMILES string of the molecule is CC(C)(C)OC(=O)Nc1cc([N+](=O)[O-])c[nH]1. The molecule has 7 heteroatoms. The lowest BCUT2D eigenvalue weighted by Gasteiger charge is -2.19. The number of rotatable bonds is 2. The molecule has 7 nitrogen and oxygen atoms in total. The Morgan fingerprint density at radius 1 is 1.56 bits per heavy atom. The van der Waals surface area contributed by atoms with E-state index in [2.05, 4.69) is 10.3 Å². The summed E-state index contributed by atoms with van der Waals surface area (Å²) in [6, 6.07) is 1.21. The van der Waals surface area contributed by atoms with Crippen LogP contribution in [0.25, 0.3) is 0 Å². The number of hydrogen-bond acceptors (Lipinski definition) is 4. The molecule has 1 aromatic heterocycles. The van der Waals surface area contributed by atoms with Crippen molar-refractivity contribution < 1.29 is 14.5 Å². The van der Waals surface area contributed by atoms with E-state index in [9.17, 15) is 14.9 Å². The van der Waals surface area contributed by atoms with Crippen LogP contribution in [0.15, 0.2) is 12.3 Å². The van der Waals surface area contributed by atoms with Crippen LogP contribution in [0.3, 0.4) is 0 Å². The topological polar surface area (TPSA) is 97.3 Å². The predicted octanol–water partition coefficient (Wildman–Crippen LogP) is 2.27. The van der Waals surface area contributed by atoms with Crippen LogP contribution in [0.5, 0.6) is 0 Å². The van der Waals surface area contributed by atoms with Crippen molar-refractivity contribution in [1.82, 2.24) is 4.98 Å². The fraction of sp³-hybridized carbons (Fsp3) is 0.444. The second-order valence-corrected chi connectivity index (χ2v) is 4.16. The maximum atomic E-state index is 11.3. The van der Waals surface area contributed by atoms with Gasteiger partial charge in [-0.15, -0.1) is 0 Å². The van der Waals surface area contributed by atoms with Gasteiger partial charge in [-0.2, -0.15) is 0 Å². The molecule has 0 aliphatic carbocycles. The van der Waals surface area contributed by atoms with Crippen molar-refractivity contribution in [1.29, 1.82) is 0 Å². The molecule has 0 aliphatic rings. The molecule has 1 heterocycles. The molecule has 0 aromatic carbocycles. The standard InChI is InChI=1S/C9H13N3O4/c1-9(2,3)16-8(13)11-7-4-6(5-10-7)12(14)15/h4-5,10H,1-3H3,(H,11,13). The highest BCUT2D eigenvalue weighted by Crippen LogP contribution is 2.17. The minimum absolute atomic E-state index is 0.119. The van der Waals surface area contributed by atoms with E-state index in [1.807, 2.05) is 0 Å². The first-order valence-electron chi connectivity index (χ1n) is 4.61. The molecule has 0 fully saturated rings. The molecule has 2 N–H and O–H groups in total. The number of carbonyl (C=O) groups is 1. The van der Waals surface area contributed by atoms with Crippen molar-refractivity contribution >= 4 is 17.6 Å². The van der Waals surface area contributed by atoms with Crippen LogP contribution in [-0.2, 0) is 4.74 Å². The second kappa shape index (κ2) is 4.21. The highest BCUT2D eigenvalue weighted by molar-refractivity contribution is 5.84. The molecular weight excluding hydrogens is 214 g/mol. The summed E-state index contributed by atoms with van der Waals surface area (Å²) in [5.41, 5.74) is -0.728. The van der Waals surface area contributed by atoms with Gasteiger partial charge in [0.05, 0.1) is 17.2 Å². The zero-order valence-electron chi connectivity index (χ0n) is 9.23. The van der Waals surface area contributed by atoms with Crippen LogP contribution >= 0.6 is 0 Å². The third kappa shape index (κ3) is 3.60. The summed E-state index contributed by atoms with van der Waals surface area (Å²) in [5.74, 6) is 0.223. The Balaban J connectivity index is 2.60. The third-order valence-electron chi connectivity index (χ3n) is 1.51. The van der Waals surface area contributed by atoms with E-state index >= 15 is 0 Å². The number of nitrogens with one attached hydrogen (secondary N) is 2. The predicted molar refractivity (Wildman–Crippen MR) is 57.3 cm³/mol. The number of aromatic nitrogens is 1. The largest absolute Gasteiger partial charge is 0.444 e. The van der Waals surface area contributed by atoms with Gasteiger partial charge in [0, 0.05) is 0 Å². The molecule has 16 heavy (non-hydrogen) atoms. The fourth-order valence-corrected chi connectivity index (χ4v) is 0.974. The highest BCUT2D eigenvalue weighted by Gasteiger charge is 2.17. The number of ether oxygens (including phenoxy) is 1. The monoisotopic (exact) mass is 227 g/mol. The molecule has 0 radical (unpaired) electrons. The highest BCUT2D eigenvalue weighted by atomic mass is 16.6. The molecule has 0 unspecified atom stereocenters. The van der Waals surface area contributed by atoms with Gasteiger partial charge >= 0.3 is 6.09 Å². The zero-order valence-corrected chi connectivity index (χ0v) is 9.23. The number of hydrogen-bond donors (Lipinski definition) is 2. The van der Waals surface area contributed by atoms with E-state index in [1.54, 1.807) is 20.8 Å². The van der Waals surface area contributed by atoms with Crippen LogP contribution in [0, 0.1) is 10.1 Å². The lowest BCUT2D eigenvalue weighted by Crippen LogP contribution is -2.27. The molecule has 0 aliphatic heterocycles. The van der Waals surface area contributed by atoms with Crippen molar-refractivity contribution in [3.05, 3.63) is 22.4 Å². The van der Waals surface area contributed by atoms with Gasteiger partial charge in [0.1, 0.15) is 11.4 Å². The van der Waals surface area contributed by atoms with Crippen LogP contribution in [0.1, 0.15) is 20.8 Å². The minimum atomic E-state index is -0.663. The number of H-pyrrole nitrogens is 1. The minimum Gasteiger partial charge on any atom is -0.444 e. The normalized spacial score (nSPS) is 10.9. The molecule has 0 saturated heterocycles. The molecular formula is C9H13N3O4. The molecule has 0 spiro atoms. The number of anilines is 1. The van der Waals surface area contributed by atoms with Gasteiger partial charge in [0.15, 0.2) is 0 Å². The maximum absolute atomic E-state index is 11.3. The van der Waals surface area contributed by atoms with E-state index in [0.717, 1.165) is 0 Å². The number of nitro groups is 1. The fourth-order valence-electron chi connectivity index (χ4n) is 0.974. The van der Waals surface area contributed by atoms with Gasteiger partial charge in [0.2, 0.25) is 0 Å². The van der Waals surface area contributed by atoms with E-state index in [1.165, 1.54) is 12.3 Å². The van der Waals surface area contributed by atoms with Crippen molar-refractivity contribution in [2.45, 2.75) is 26.4 Å². The first-order valence-corrected chi connectivity index (χ1v) is 4.61. The van der Waals surface area contributed by atoms with Crippen LogP contribution in [0.4, 0.5) is 16.3 Å². The molecule has 88 valence electrons. The Kier molecular flexibility index (Phi) is 3.17. The third-order valence-corrected chi connectivity index (χ3v) is 1.51. The molecule has 1 aromatic rings. The van der Waals surface area contributed by atoms with E-state index in [4.69, 9.17) is 4.74 Å². The lowest BCUT2D eigenvalue weighted by atomic mass is 10.2. The van der Waals surface area contributed by atoms with Gasteiger partial charge in [0.25, 0.3) is 5.69 Å². The average Bonchev–Trinajstić information content (AvgIpc) is 2.48. The Morgan fingerprint density at radius 3 is 2.62 bits per heavy atom. The summed E-state index contributed by atoms with van der Waals surface area (Å²) >= 11 is 0. The molecule has 0 atom stereocenters. The van der Waals surface area contributed by atoms with Gasteiger partial charge < -0.3 is 9.72 Å². The van der Waals surface area contributed by atoms with Crippen molar-refractivity contribution in [2.24, 2.45) is 0 Å². The quantitative estimate of drug-likeness (QED) is 0.598. The summed E-state index contributed by atoms with van der Waals surface area (Å²) in [4.78, 5) is 23.6. The van der Waals surface area contributed by atoms with Gasteiger partial charge in [-0.1, -0.05) is 0 Å². The zero-order chi connectivity index (χ0) is 12.3. The first kappa shape index (κ1) is 12.0. The molecule has 0 saturated carbocycles. The first-order chi connectivity index (χ1) is 7.28. The van der Waals surface area contributed by atoms with E-state index in [-0.39, 0.29) is 11.5 Å². The summed E-state index contributed by atoms with van der Waals surface area (Å²) in [5, 5.41) is 12.7. The number of nitrogens with zero attached hydrogens (tertiary/aromatic N) is 1. The van der Waals surface area contributed by atoms with Crippen molar-refractivity contribution in [3.8, 4) is 0 Å². The van der Waals surface area contributed by atoms with Crippen LogP contribution < -0.4 is 5.32 Å². The molecule has 1 amide bonds. The second-order valence-electron chi connectivity index (χ2n) is 4.16. The Labute approximate surface area is 91.9 Å². The van der Waals surface area contributed by atoms with Crippen molar-refractivity contribution in [2.75, 3.05) is 5.32 Å². The average molecular weight is 227 g/mol. The maximum Gasteiger partial charge on any atom is 0.413 e. The van der Waals surface area contributed by atoms with Crippen LogP contribution in [0.2, 0.25) is 0 Å². The summed E-state index contributed by atoms with van der Waals surface area (Å²) in [6.07, 6.45) is 0.524. The van der Waals surface area contributed by atoms with Crippen molar-refractivity contribution in [3.63, 3.8) is 0 Å².